The van der Waals surface area contributed by atoms with Crippen LogP contribution in [0.2, 0.25) is 0 Å². The zero-order valence-corrected chi connectivity index (χ0v) is 15.0. The molecule has 0 N–H and O–H groups in total. The highest BCUT2D eigenvalue weighted by Gasteiger charge is 2.49. The monoisotopic (exact) mass is 352 g/mol. The summed E-state index contributed by atoms with van der Waals surface area (Å²) in [5.41, 5.74) is 2.11. The van der Waals surface area contributed by atoms with Gasteiger partial charge in [-0.05, 0) is 44.4 Å². The van der Waals surface area contributed by atoms with Crippen LogP contribution in [0.1, 0.15) is 25.3 Å². The van der Waals surface area contributed by atoms with Crippen molar-refractivity contribution in [3.05, 3.63) is 29.8 Å². The second-order valence-corrected chi connectivity index (χ2v) is 8.24. The Hall–Kier alpha value is -1.20. The molecule has 0 aliphatic carbocycles. The molecule has 1 aromatic rings. The van der Waals surface area contributed by atoms with Crippen molar-refractivity contribution in [1.29, 1.82) is 0 Å². The molecule has 0 radical (unpaired) electrons. The number of aryl methyl sites for hydroxylation is 1. The maximum atomic E-state index is 12.5. The molecule has 1 aromatic carbocycles. The Labute approximate surface area is 146 Å². The minimum absolute atomic E-state index is 0.0158. The Balaban J connectivity index is 1.82. The first-order valence-corrected chi connectivity index (χ1v) is 9.32. The molecule has 2 fully saturated rings. The number of benzene rings is 1. The van der Waals surface area contributed by atoms with E-state index in [1.165, 1.54) is 0 Å². The van der Waals surface area contributed by atoms with E-state index in [1.54, 1.807) is 18.7 Å². The fraction of sp³-hybridized carbons (Fsp3) is 0.529. The van der Waals surface area contributed by atoms with Crippen LogP contribution in [0.5, 0.6) is 0 Å². The van der Waals surface area contributed by atoms with Gasteiger partial charge in [0.15, 0.2) is 0 Å². The van der Waals surface area contributed by atoms with E-state index in [0.717, 1.165) is 24.1 Å². The van der Waals surface area contributed by atoms with Crippen molar-refractivity contribution < 1.29 is 9.59 Å². The largest absolute Gasteiger partial charge is 0.341 e. The predicted octanol–water partition coefficient (Wildman–Crippen LogP) is 3.02. The van der Waals surface area contributed by atoms with Crippen molar-refractivity contribution in [2.24, 2.45) is 0 Å². The van der Waals surface area contributed by atoms with Crippen LogP contribution in [0, 0.1) is 6.92 Å². The normalized spacial score (nSPS) is 21.8. The predicted molar refractivity (Wildman–Crippen MR) is 95.0 cm³/mol. The molecule has 124 valence electrons. The molecule has 3 rings (SSSR count). The van der Waals surface area contributed by atoms with Gasteiger partial charge < -0.3 is 4.90 Å². The van der Waals surface area contributed by atoms with E-state index in [9.17, 15) is 9.59 Å². The van der Waals surface area contributed by atoms with E-state index in [2.05, 4.69) is 6.07 Å². The first-order chi connectivity index (χ1) is 10.9. The lowest BCUT2D eigenvalue weighted by atomic mass is 10.0. The lowest BCUT2D eigenvalue weighted by molar-refractivity contribution is -0.131. The van der Waals surface area contributed by atoms with Crippen LogP contribution < -0.4 is 4.90 Å². The highest BCUT2D eigenvalue weighted by atomic mass is 35.5. The summed E-state index contributed by atoms with van der Waals surface area (Å²) in [6, 6.07) is 8.08. The fourth-order valence-electron chi connectivity index (χ4n) is 3.39. The number of piperidine rings is 1. The molecule has 1 unspecified atom stereocenters. The number of hydrogen-bond acceptors (Lipinski definition) is 3. The molecule has 1 spiro atoms. The van der Waals surface area contributed by atoms with Crippen molar-refractivity contribution in [2.45, 2.75) is 36.9 Å². The van der Waals surface area contributed by atoms with Crippen LogP contribution in [0.25, 0.3) is 0 Å². The number of nitrogens with zero attached hydrogens (tertiary/aromatic N) is 2. The molecule has 2 aliphatic rings. The molecule has 2 amide bonds. The van der Waals surface area contributed by atoms with Gasteiger partial charge in [-0.15, -0.1) is 23.4 Å². The van der Waals surface area contributed by atoms with Crippen molar-refractivity contribution in [2.75, 3.05) is 23.7 Å². The second-order valence-electron chi connectivity index (χ2n) is 6.24. The van der Waals surface area contributed by atoms with Gasteiger partial charge in [0.1, 0.15) is 5.38 Å². The minimum Gasteiger partial charge on any atom is -0.341 e. The van der Waals surface area contributed by atoms with Crippen LogP contribution in [0.3, 0.4) is 0 Å². The second kappa shape index (κ2) is 6.36. The standard InChI is InChI=1S/C17H21ClN2O2S/c1-12-4-3-5-14(10-12)20-15(21)11-23-17(20)6-8-19(9-7-17)16(22)13(2)18/h3-5,10,13H,6-9,11H2,1-2H3. The van der Waals surface area contributed by atoms with E-state index in [4.69, 9.17) is 11.6 Å². The SMILES string of the molecule is Cc1cccc(N2C(=O)CSC23CCN(C(=O)C(C)Cl)CC3)c1. The number of carbonyl (C=O) groups excluding carboxylic acids is 2. The zero-order chi connectivity index (χ0) is 16.6. The molecule has 4 nitrogen and oxygen atoms in total. The molecule has 1 atom stereocenters. The van der Waals surface area contributed by atoms with Crippen LogP contribution >= 0.6 is 23.4 Å². The molecule has 23 heavy (non-hydrogen) atoms. The van der Waals surface area contributed by atoms with E-state index < -0.39 is 5.38 Å². The van der Waals surface area contributed by atoms with Gasteiger partial charge in [0.2, 0.25) is 11.8 Å². The Morgan fingerprint density at radius 1 is 1.35 bits per heavy atom. The third kappa shape index (κ3) is 3.09. The van der Waals surface area contributed by atoms with Crippen molar-refractivity contribution in [3.63, 3.8) is 0 Å². The molecular formula is C17H21ClN2O2S. The summed E-state index contributed by atoms with van der Waals surface area (Å²) in [5.74, 6) is 0.650. The van der Waals surface area contributed by atoms with Gasteiger partial charge in [0, 0.05) is 18.8 Å². The fourth-order valence-corrected chi connectivity index (χ4v) is 4.86. The third-order valence-electron chi connectivity index (χ3n) is 4.58. The summed E-state index contributed by atoms with van der Waals surface area (Å²) in [5, 5.41) is -0.491. The summed E-state index contributed by atoms with van der Waals surface area (Å²) in [6.45, 7) is 5.05. The Bertz CT molecular complexity index is 627. The van der Waals surface area contributed by atoms with Crippen molar-refractivity contribution in [3.8, 4) is 0 Å². The number of amides is 2. The quantitative estimate of drug-likeness (QED) is 0.768. The number of carbonyl (C=O) groups is 2. The Morgan fingerprint density at radius 2 is 2.04 bits per heavy atom. The molecule has 2 aliphatic heterocycles. The van der Waals surface area contributed by atoms with E-state index in [1.807, 2.05) is 34.9 Å². The number of halogens is 1. The van der Waals surface area contributed by atoms with E-state index >= 15 is 0 Å². The lowest BCUT2D eigenvalue weighted by Gasteiger charge is -2.44. The minimum atomic E-state index is -0.491. The van der Waals surface area contributed by atoms with Gasteiger partial charge in [-0.3, -0.25) is 14.5 Å². The molecule has 0 saturated carbocycles. The van der Waals surface area contributed by atoms with Gasteiger partial charge >= 0.3 is 0 Å². The molecule has 2 heterocycles. The molecule has 0 bridgehead atoms. The summed E-state index contributed by atoms with van der Waals surface area (Å²) >= 11 is 7.63. The molecule has 2 saturated heterocycles. The zero-order valence-electron chi connectivity index (χ0n) is 13.4. The highest BCUT2D eigenvalue weighted by Crippen LogP contribution is 2.46. The number of likely N-dealkylation sites (tertiary alicyclic amines) is 1. The average Bonchev–Trinajstić information content (AvgIpc) is 2.84. The average molecular weight is 353 g/mol. The van der Waals surface area contributed by atoms with Crippen LogP contribution in [0.4, 0.5) is 5.69 Å². The number of hydrogen-bond donors (Lipinski definition) is 0. The van der Waals surface area contributed by atoms with Gasteiger partial charge in [0.05, 0.1) is 10.6 Å². The topological polar surface area (TPSA) is 40.6 Å². The molecule has 0 aromatic heterocycles. The maximum absolute atomic E-state index is 12.5. The maximum Gasteiger partial charge on any atom is 0.240 e. The summed E-state index contributed by atoms with van der Waals surface area (Å²) < 4.78 is 0. The molecular weight excluding hydrogens is 332 g/mol. The van der Waals surface area contributed by atoms with Gasteiger partial charge in [-0.2, -0.15) is 0 Å². The number of alkyl halides is 1. The summed E-state index contributed by atoms with van der Waals surface area (Å²) in [7, 11) is 0. The van der Waals surface area contributed by atoms with Gasteiger partial charge in [0.25, 0.3) is 0 Å². The Kier molecular flexibility index (Phi) is 4.61. The van der Waals surface area contributed by atoms with Gasteiger partial charge in [-0.25, -0.2) is 0 Å². The van der Waals surface area contributed by atoms with Crippen LogP contribution in [-0.2, 0) is 9.59 Å². The molecule has 6 heteroatoms. The Morgan fingerprint density at radius 3 is 2.65 bits per heavy atom. The lowest BCUT2D eigenvalue weighted by Crippen LogP contribution is -2.54. The number of anilines is 1. The summed E-state index contributed by atoms with van der Waals surface area (Å²) in [6.07, 6.45) is 1.57. The number of thioether (sulfide) groups is 1. The third-order valence-corrected chi connectivity index (χ3v) is 6.28. The van der Waals surface area contributed by atoms with Crippen LogP contribution in [-0.4, -0.2) is 45.8 Å². The van der Waals surface area contributed by atoms with Crippen LogP contribution in [0.15, 0.2) is 24.3 Å². The van der Waals surface area contributed by atoms with Gasteiger partial charge in [-0.1, -0.05) is 12.1 Å². The van der Waals surface area contributed by atoms with E-state index in [-0.39, 0.29) is 16.7 Å². The van der Waals surface area contributed by atoms with E-state index in [0.29, 0.717) is 18.8 Å². The van der Waals surface area contributed by atoms with Crippen molar-refractivity contribution in [1.82, 2.24) is 4.90 Å². The summed E-state index contributed by atoms with van der Waals surface area (Å²) in [4.78, 5) is 28.1. The first kappa shape index (κ1) is 16.7. The highest BCUT2D eigenvalue weighted by molar-refractivity contribution is 8.02. The van der Waals surface area contributed by atoms with Crippen molar-refractivity contribution >= 4 is 40.9 Å². The number of rotatable bonds is 2. The first-order valence-electron chi connectivity index (χ1n) is 7.89. The smallest absolute Gasteiger partial charge is 0.240 e.